The van der Waals surface area contributed by atoms with Crippen LogP contribution in [0.4, 0.5) is 19.3 Å². The SMILES string of the molecule is C[C@@H]1CN(c2ccc(C#N)c3nccnc23)C[C@@H]1NC(=O)CC1CCN(C(=O)OC(C)(C)C)CC1(F)F. The van der Waals surface area contributed by atoms with Gasteiger partial charge in [-0.15, -0.1) is 0 Å². The summed E-state index contributed by atoms with van der Waals surface area (Å²) in [5, 5.41) is 12.3. The van der Waals surface area contributed by atoms with E-state index in [0.717, 1.165) is 10.6 Å². The summed E-state index contributed by atoms with van der Waals surface area (Å²) < 4.78 is 35.0. The molecule has 3 heterocycles. The van der Waals surface area contributed by atoms with E-state index in [1.54, 1.807) is 33.0 Å². The maximum Gasteiger partial charge on any atom is 0.410 e. The molecule has 1 aromatic carbocycles. The third-order valence-electron chi connectivity index (χ3n) is 6.85. The van der Waals surface area contributed by atoms with Gasteiger partial charge in [-0.1, -0.05) is 6.92 Å². The zero-order valence-electron chi connectivity index (χ0n) is 21.5. The van der Waals surface area contributed by atoms with Crippen molar-refractivity contribution in [3.63, 3.8) is 0 Å². The zero-order chi connectivity index (χ0) is 27.0. The van der Waals surface area contributed by atoms with Crippen LogP contribution in [0.15, 0.2) is 24.5 Å². The van der Waals surface area contributed by atoms with Gasteiger partial charge in [-0.3, -0.25) is 14.8 Å². The van der Waals surface area contributed by atoms with Crippen molar-refractivity contribution >= 4 is 28.7 Å². The number of hydrogen-bond donors (Lipinski definition) is 1. The highest BCUT2D eigenvalue weighted by Gasteiger charge is 2.47. The number of nitrogens with zero attached hydrogens (tertiary/aromatic N) is 5. The van der Waals surface area contributed by atoms with Gasteiger partial charge in [-0.2, -0.15) is 5.26 Å². The number of amides is 2. The van der Waals surface area contributed by atoms with Gasteiger partial charge in [0.2, 0.25) is 5.91 Å². The van der Waals surface area contributed by atoms with Crippen LogP contribution in [0.25, 0.3) is 11.0 Å². The first-order chi connectivity index (χ1) is 17.4. The van der Waals surface area contributed by atoms with Crippen molar-refractivity contribution in [1.82, 2.24) is 20.2 Å². The molecule has 2 fully saturated rings. The number of carbonyl (C=O) groups is 2. The highest BCUT2D eigenvalue weighted by Crippen LogP contribution is 2.36. The highest BCUT2D eigenvalue weighted by atomic mass is 19.3. The second-order valence-electron chi connectivity index (χ2n) is 10.9. The summed E-state index contributed by atoms with van der Waals surface area (Å²) in [7, 11) is 0. The number of halogens is 2. The van der Waals surface area contributed by atoms with E-state index >= 15 is 0 Å². The molecule has 2 aliphatic heterocycles. The molecule has 0 aliphatic carbocycles. The normalized spacial score (nSPS) is 23.5. The largest absolute Gasteiger partial charge is 0.444 e. The van der Waals surface area contributed by atoms with Crippen LogP contribution >= 0.6 is 0 Å². The van der Waals surface area contributed by atoms with Crippen molar-refractivity contribution in [2.45, 2.75) is 58.1 Å². The van der Waals surface area contributed by atoms with Crippen LogP contribution in [-0.4, -0.2) is 70.6 Å². The number of alkyl halides is 2. The lowest BCUT2D eigenvalue weighted by Crippen LogP contribution is -2.53. The van der Waals surface area contributed by atoms with Crippen molar-refractivity contribution in [2.24, 2.45) is 11.8 Å². The Balaban J connectivity index is 1.37. The molecule has 1 aromatic heterocycles. The lowest BCUT2D eigenvalue weighted by molar-refractivity contribution is -0.136. The number of likely N-dealkylation sites (tertiary alicyclic amines) is 1. The number of hydrogen-bond acceptors (Lipinski definition) is 7. The predicted molar refractivity (Wildman–Crippen MR) is 133 cm³/mol. The van der Waals surface area contributed by atoms with Crippen molar-refractivity contribution < 1.29 is 23.1 Å². The summed E-state index contributed by atoms with van der Waals surface area (Å²) in [4.78, 5) is 36.8. The molecule has 0 spiro atoms. The molecule has 2 aromatic rings. The van der Waals surface area contributed by atoms with E-state index in [0.29, 0.717) is 29.7 Å². The lowest BCUT2D eigenvalue weighted by atomic mass is 9.89. The standard InChI is InChI=1S/C26H32F2N6O3/c1-16-13-34(20-6-5-17(12-29)22-23(20)31-9-8-30-22)14-19(16)32-21(35)11-18-7-10-33(15-26(18,27)28)24(36)37-25(2,3)4/h5-6,8-9,16,18-19H,7,10-11,13-15H2,1-4H3,(H,32,35)/t16-,18?,19+/m1/s1. The topological polar surface area (TPSA) is 111 Å². The van der Waals surface area contributed by atoms with Crippen molar-refractivity contribution in [1.29, 1.82) is 5.26 Å². The number of carbonyl (C=O) groups excluding carboxylic acids is 2. The van der Waals surface area contributed by atoms with E-state index in [9.17, 15) is 23.6 Å². The van der Waals surface area contributed by atoms with Crippen LogP contribution in [-0.2, 0) is 9.53 Å². The summed E-state index contributed by atoms with van der Waals surface area (Å²) in [6.45, 7) is 7.51. The molecule has 11 heteroatoms. The van der Waals surface area contributed by atoms with E-state index < -0.39 is 36.0 Å². The van der Waals surface area contributed by atoms with E-state index in [1.165, 1.54) is 6.20 Å². The first kappa shape index (κ1) is 26.5. The van der Waals surface area contributed by atoms with E-state index in [-0.39, 0.29) is 31.3 Å². The molecular formula is C26H32F2N6O3. The van der Waals surface area contributed by atoms with Gasteiger partial charge in [0.15, 0.2) is 0 Å². The van der Waals surface area contributed by atoms with Crippen molar-refractivity contribution in [3.05, 3.63) is 30.1 Å². The van der Waals surface area contributed by atoms with Crippen molar-refractivity contribution in [3.8, 4) is 6.07 Å². The Labute approximate surface area is 214 Å². The molecule has 9 nitrogen and oxygen atoms in total. The third kappa shape index (κ3) is 5.89. The van der Waals surface area contributed by atoms with E-state index in [1.807, 2.05) is 13.0 Å². The minimum Gasteiger partial charge on any atom is -0.444 e. The zero-order valence-corrected chi connectivity index (χ0v) is 21.5. The van der Waals surface area contributed by atoms with Gasteiger partial charge >= 0.3 is 6.09 Å². The second-order valence-corrected chi connectivity index (χ2v) is 10.9. The predicted octanol–water partition coefficient (Wildman–Crippen LogP) is 3.72. The van der Waals surface area contributed by atoms with E-state index in [2.05, 4.69) is 26.3 Å². The minimum absolute atomic E-state index is 0.0158. The van der Waals surface area contributed by atoms with Gasteiger partial charge in [-0.25, -0.2) is 13.6 Å². The Hall–Kier alpha value is -3.55. The molecule has 2 aliphatic rings. The smallest absolute Gasteiger partial charge is 0.410 e. The van der Waals surface area contributed by atoms with Crippen LogP contribution in [0.3, 0.4) is 0 Å². The average molecular weight is 515 g/mol. The first-order valence-corrected chi connectivity index (χ1v) is 12.4. The van der Waals surface area contributed by atoms with Gasteiger partial charge in [0.1, 0.15) is 22.7 Å². The number of nitriles is 1. The Bertz CT molecular complexity index is 1220. The summed E-state index contributed by atoms with van der Waals surface area (Å²) in [6, 6.07) is 5.42. The molecular weight excluding hydrogens is 482 g/mol. The molecule has 1 N–H and O–H groups in total. The van der Waals surface area contributed by atoms with Crippen molar-refractivity contribution in [2.75, 3.05) is 31.1 Å². The molecule has 4 rings (SSSR count). The van der Waals surface area contributed by atoms with Gasteiger partial charge in [0.05, 0.1) is 23.8 Å². The maximum absolute atomic E-state index is 14.9. The molecule has 3 atom stereocenters. The number of piperidine rings is 1. The number of nitrogens with one attached hydrogen (secondary N) is 1. The summed E-state index contributed by atoms with van der Waals surface area (Å²) in [5.41, 5.74) is 1.60. The number of benzene rings is 1. The summed E-state index contributed by atoms with van der Waals surface area (Å²) in [5.74, 6) is -4.71. The quantitative estimate of drug-likeness (QED) is 0.662. The molecule has 37 heavy (non-hydrogen) atoms. The molecule has 198 valence electrons. The lowest BCUT2D eigenvalue weighted by Gasteiger charge is -2.38. The van der Waals surface area contributed by atoms with Gasteiger partial charge in [0.25, 0.3) is 5.92 Å². The van der Waals surface area contributed by atoms with Gasteiger partial charge < -0.3 is 19.9 Å². The molecule has 0 bridgehead atoms. The number of ether oxygens (including phenoxy) is 1. The first-order valence-electron chi connectivity index (χ1n) is 12.4. The fourth-order valence-corrected chi connectivity index (χ4v) is 4.95. The Morgan fingerprint density at radius 2 is 1.92 bits per heavy atom. The highest BCUT2D eigenvalue weighted by molar-refractivity contribution is 5.92. The molecule has 2 amide bonds. The Morgan fingerprint density at radius 1 is 1.22 bits per heavy atom. The van der Waals surface area contributed by atoms with Gasteiger partial charge in [-0.05, 0) is 45.2 Å². The number of rotatable bonds is 4. The monoisotopic (exact) mass is 514 g/mol. The number of anilines is 1. The van der Waals surface area contributed by atoms with Crippen LogP contribution in [0.5, 0.6) is 0 Å². The third-order valence-corrected chi connectivity index (χ3v) is 6.85. The molecule has 0 saturated carbocycles. The molecule has 2 saturated heterocycles. The maximum atomic E-state index is 14.9. The molecule has 1 unspecified atom stereocenters. The van der Waals surface area contributed by atoms with Crippen LogP contribution in [0, 0.1) is 23.2 Å². The Morgan fingerprint density at radius 3 is 2.57 bits per heavy atom. The fourth-order valence-electron chi connectivity index (χ4n) is 4.95. The fraction of sp³-hybridized carbons (Fsp3) is 0.577. The molecule has 0 radical (unpaired) electrons. The number of fused-ring (bicyclic) bond motifs is 1. The minimum atomic E-state index is -3.19. The van der Waals surface area contributed by atoms with E-state index in [4.69, 9.17) is 4.74 Å². The van der Waals surface area contributed by atoms with Crippen LogP contribution < -0.4 is 10.2 Å². The Kier molecular flexibility index (Phi) is 7.22. The van der Waals surface area contributed by atoms with Gasteiger partial charge in [0, 0.05) is 44.4 Å². The second kappa shape index (κ2) is 10.1. The average Bonchev–Trinajstić information content (AvgIpc) is 3.17. The van der Waals surface area contributed by atoms with Crippen LogP contribution in [0.1, 0.15) is 46.1 Å². The summed E-state index contributed by atoms with van der Waals surface area (Å²) >= 11 is 0. The number of aromatic nitrogens is 2. The van der Waals surface area contributed by atoms with Crippen LogP contribution in [0.2, 0.25) is 0 Å². The summed E-state index contributed by atoms with van der Waals surface area (Å²) in [6.07, 6.45) is 2.04.